The minimum Gasteiger partial charge on any atom is -0.369 e. The number of amides is 2. The van der Waals surface area contributed by atoms with Gasteiger partial charge in [-0.05, 0) is 25.0 Å². The third-order valence-corrected chi connectivity index (χ3v) is 2.58. The molecule has 0 atom stereocenters. The minimum absolute atomic E-state index is 0.0268. The summed E-state index contributed by atoms with van der Waals surface area (Å²) in [4.78, 5) is 27.6. The number of carbonyl (C=O) groups is 2. The molecule has 1 aromatic rings. The van der Waals surface area contributed by atoms with Gasteiger partial charge in [0.2, 0.25) is 5.91 Å². The zero-order chi connectivity index (χ0) is 14.8. The Morgan fingerprint density at radius 3 is 2.60 bits per heavy atom. The molecule has 6 heteroatoms. The lowest BCUT2D eigenvalue weighted by Crippen LogP contribution is -2.37. The molecule has 0 saturated heterocycles. The Morgan fingerprint density at radius 2 is 1.90 bits per heavy atom. The molecule has 0 spiro atoms. The van der Waals surface area contributed by atoms with E-state index in [9.17, 15) is 9.59 Å². The van der Waals surface area contributed by atoms with E-state index in [-0.39, 0.29) is 18.4 Å². The van der Waals surface area contributed by atoms with Crippen LogP contribution in [0.3, 0.4) is 0 Å². The van der Waals surface area contributed by atoms with Crippen LogP contribution in [0.25, 0.3) is 0 Å². The molecule has 0 aromatic carbocycles. The highest BCUT2D eigenvalue weighted by Crippen LogP contribution is 2.10. The monoisotopic (exact) mass is 278 g/mol. The fourth-order valence-corrected chi connectivity index (χ4v) is 1.56. The van der Waals surface area contributed by atoms with Gasteiger partial charge in [0.05, 0.1) is 12.1 Å². The van der Waals surface area contributed by atoms with Gasteiger partial charge in [-0.25, -0.2) is 4.98 Å². The quantitative estimate of drug-likeness (QED) is 0.666. The molecule has 0 radical (unpaired) electrons. The third kappa shape index (κ3) is 5.26. The highest BCUT2D eigenvalue weighted by molar-refractivity contribution is 6.00. The number of hydrogen-bond donors (Lipinski definition) is 3. The summed E-state index contributed by atoms with van der Waals surface area (Å²) in [5, 5.41) is 8.39. The normalized spacial score (nSPS) is 9.90. The van der Waals surface area contributed by atoms with Gasteiger partial charge in [-0.1, -0.05) is 13.8 Å². The average molecular weight is 278 g/mol. The zero-order valence-corrected chi connectivity index (χ0v) is 12.0. The summed E-state index contributed by atoms with van der Waals surface area (Å²) in [6.45, 7) is 5.34. The molecule has 1 aromatic heterocycles. The van der Waals surface area contributed by atoms with Gasteiger partial charge in [0.25, 0.3) is 5.91 Å². The van der Waals surface area contributed by atoms with Crippen molar-refractivity contribution in [1.82, 2.24) is 15.6 Å². The Balaban J connectivity index is 2.56. The van der Waals surface area contributed by atoms with Crippen LogP contribution in [0, 0.1) is 0 Å². The van der Waals surface area contributed by atoms with E-state index in [1.807, 2.05) is 13.8 Å². The van der Waals surface area contributed by atoms with Crippen molar-refractivity contribution >= 4 is 17.6 Å². The lowest BCUT2D eigenvalue weighted by atomic mass is 10.2. The van der Waals surface area contributed by atoms with Crippen molar-refractivity contribution in [3.63, 3.8) is 0 Å². The van der Waals surface area contributed by atoms with Crippen LogP contribution in [-0.4, -0.2) is 36.4 Å². The summed E-state index contributed by atoms with van der Waals surface area (Å²) < 4.78 is 0. The van der Waals surface area contributed by atoms with Crippen LogP contribution in [0.15, 0.2) is 18.3 Å². The van der Waals surface area contributed by atoms with E-state index in [2.05, 4.69) is 20.9 Å². The third-order valence-electron chi connectivity index (χ3n) is 2.58. The molecule has 0 saturated carbocycles. The van der Waals surface area contributed by atoms with Gasteiger partial charge in [-0.15, -0.1) is 0 Å². The maximum absolute atomic E-state index is 12.0. The molecule has 20 heavy (non-hydrogen) atoms. The van der Waals surface area contributed by atoms with E-state index < -0.39 is 0 Å². The van der Waals surface area contributed by atoms with Gasteiger partial charge in [0, 0.05) is 19.3 Å². The Kier molecular flexibility index (Phi) is 7.10. The number of nitrogens with zero attached hydrogens (tertiary/aromatic N) is 1. The first-order valence-electron chi connectivity index (χ1n) is 6.92. The van der Waals surface area contributed by atoms with Crippen molar-refractivity contribution in [3.05, 3.63) is 23.9 Å². The van der Waals surface area contributed by atoms with Gasteiger partial charge in [0.1, 0.15) is 5.82 Å². The van der Waals surface area contributed by atoms with E-state index in [0.717, 1.165) is 19.4 Å². The summed E-state index contributed by atoms with van der Waals surface area (Å²) in [7, 11) is 0. The molecule has 0 fully saturated rings. The van der Waals surface area contributed by atoms with Crippen molar-refractivity contribution in [1.29, 1.82) is 0 Å². The molecular weight excluding hydrogens is 256 g/mol. The molecular formula is C14H22N4O2. The predicted molar refractivity (Wildman–Crippen MR) is 78.7 cm³/mol. The van der Waals surface area contributed by atoms with Crippen LogP contribution in [0.1, 0.15) is 37.0 Å². The van der Waals surface area contributed by atoms with Crippen LogP contribution in [0.2, 0.25) is 0 Å². The minimum atomic E-state index is -0.302. The Labute approximate surface area is 119 Å². The molecule has 0 bridgehead atoms. The fourth-order valence-electron chi connectivity index (χ4n) is 1.56. The molecule has 2 amide bonds. The summed E-state index contributed by atoms with van der Waals surface area (Å²) in [5.41, 5.74) is 0.448. The van der Waals surface area contributed by atoms with Gasteiger partial charge < -0.3 is 16.0 Å². The molecule has 6 nitrogen and oxygen atoms in total. The number of anilines is 1. The highest BCUT2D eigenvalue weighted by atomic mass is 16.2. The molecule has 1 rings (SSSR count). The van der Waals surface area contributed by atoms with Crippen LogP contribution in [-0.2, 0) is 4.79 Å². The van der Waals surface area contributed by atoms with Gasteiger partial charge in [-0.2, -0.15) is 0 Å². The molecule has 0 unspecified atom stereocenters. The number of pyridine rings is 1. The molecule has 110 valence electrons. The first kappa shape index (κ1) is 15.9. The standard InChI is InChI=1S/C14H22N4O2/c1-3-7-15-12(19)10-18-14(20)11-6-5-9-17-13(11)16-8-4-2/h5-6,9H,3-4,7-8,10H2,1-2H3,(H,15,19)(H,16,17)(H,18,20). The smallest absolute Gasteiger partial charge is 0.255 e. The maximum Gasteiger partial charge on any atom is 0.255 e. The summed E-state index contributed by atoms with van der Waals surface area (Å²) in [6, 6.07) is 3.38. The lowest BCUT2D eigenvalue weighted by molar-refractivity contribution is -0.120. The van der Waals surface area contributed by atoms with Crippen molar-refractivity contribution < 1.29 is 9.59 Å². The van der Waals surface area contributed by atoms with Gasteiger partial charge >= 0.3 is 0 Å². The summed E-state index contributed by atoms with van der Waals surface area (Å²) in [5.74, 6) is 0.0522. The lowest BCUT2D eigenvalue weighted by Gasteiger charge is -2.10. The SMILES string of the molecule is CCCNC(=O)CNC(=O)c1cccnc1NCCC. The fraction of sp³-hybridized carbons (Fsp3) is 0.500. The van der Waals surface area contributed by atoms with Crippen LogP contribution >= 0.6 is 0 Å². The molecule has 0 aliphatic carbocycles. The first-order valence-corrected chi connectivity index (χ1v) is 6.92. The average Bonchev–Trinajstić information content (AvgIpc) is 2.48. The van der Waals surface area contributed by atoms with E-state index in [1.165, 1.54) is 0 Å². The van der Waals surface area contributed by atoms with Crippen LogP contribution < -0.4 is 16.0 Å². The van der Waals surface area contributed by atoms with E-state index >= 15 is 0 Å². The van der Waals surface area contributed by atoms with Gasteiger partial charge in [-0.3, -0.25) is 9.59 Å². The van der Waals surface area contributed by atoms with Crippen LogP contribution in [0.5, 0.6) is 0 Å². The van der Waals surface area contributed by atoms with Crippen molar-refractivity contribution in [2.24, 2.45) is 0 Å². The summed E-state index contributed by atoms with van der Waals surface area (Å²) >= 11 is 0. The second-order valence-corrected chi connectivity index (χ2v) is 4.36. The van der Waals surface area contributed by atoms with E-state index in [4.69, 9.17) is 0 Å². The van der Waals surface area contributed by atoms with E-state index in [1.54, 1.807) is 18.3 Å². The molecule has 0 aliphatic heterocycles. The Bertz CT molecular complexity index is 449. The molecule has 3 N–H and O–H groups in total. The second kappa shape index (κ2) is 8.90. The maximum atomic E-state index is 12.0. The summed E-state index contributed by atoms with van der Waals surface area (Å²) in [6.07, 6.45) is 3.44. The number of hydrogen-bond acceptors (Lipinski definition) is 4. The Morgan fingerprint density at radius 1 is 1.15 bits per heavy atom. The van der Waals surface area contributed by atoms with Crippen molar-refractivity contribution in [2.75, 3.05) is 25.0 Å². The van der Waals surface area contributed by atoms with Crippen molar-refractivity contribution in [2.45, 2.75) is 26.7 Å². The zero-order valence-electron chi connectivity index (χ0n) is 12.0. The second-order valence-electron chi connectivity index (χ2n) is 4.36. The number of aromatic nitrogens is 1. The number of rotatable bonds is 8. The van der Waals surface area contributed by atoms with E-state index in [0.29, 0.717) is 17.9 Å². The predicted octanol–water partition coefficient (Wildman–Crippen LogP) is 1.16. The number of carbonyl (C=O) groups excluding carboxylic acids is 2. The highest BCUT2D eigenvalue weighted by Gasteiger charge is 2.12. The van der Waals surface area contributed by atoms with Crippen molar-refractivity contribution in [3.8, 4) is 0 Å². The van der Waals surface area contributed by atoms with Crippen LogP contribution in [0.4, 0.5) is 5.82 Å². The number of nitrogens with one attached hydrogen (secondary N) is 3. The molecule has 1 heterocycles. The van der Waals surface area contributed by atoms with Gasteiger partial charge in [0.15, 0.2) is 0 Å². The topological polar surface area (TPSA) is 83.1 Å². The Hall–Kier alpha value is -2.11. The largest absolute Gasteiger partial charge is 0.369 e. The first-order chi connectivity index (χ1) is 9.69. The molecule has 0 aliphatic rings.